The second-order valence-corrected chi connectivity index (χ2v) is 5.06. The Morgan fingerprint density at radius 1 is 1.29 bits per heavy atom. The van der Waals surface area contributed by atoms with Gasteiger partial charge in [0.05, 0.1) is 11.7 Å². The molecule has 1 aliphatic rings. The molecule has 2 heteroatoms. The quantitative estimate of drug-likeness (QED) is 0.756. The lowest BCUT2D eigenvalue weighted by Gasteiger charge is -2.32. The first kappa shape index (κ1) is 12.0. The molecule has 1 atom stereocenters. The zero-order valence-corrected chi connectivity index (χ0v) is 9.75. The van der Waals surface area contributed by atoms with E-state index in [1.54, 1.807) is 7.11 Å². The first-order chi connectivity index (χ1) is 6.56. The minimum absolute atomic E-state index is 0.324. The average Bonchev–Trinajstić information content (AvgIpc) is 2.19. The molecule has 0 aliphatic heterocycles. The van der Waals surface area contributed by atoms with Crippen molar-refractivity contribution in [3.05, 3.63) is 0 Å². The van der Waals surface area contributed by atoms with Crippen LogP contribution in [-0.2, 0) is 4.74 Å². The highest BCUT2D eigenvalue weighted by Crippen LogP contribution is 2.30. The second-order valence-electron chi connectivity index (χ2n) is 5.06. The summed E-state index contributed by atoms with van der Waals surface area (Å²) in [5, 5.41) is 10.0. The smallest absolute Gasteiger partial charge is 0.0880 e. The van der Waals surface area contributed by atoms with Crippen molar-refractivity contribution in [3.63, 3.8) is 0 Å². The van der Waals surface area contributed by atoms with Crippen LogP contribution in [0.5, 0.6) is 0 Å². The van der Waals surface area contributed by atoms with Gasteiger partial charge in [0.25, 0.3) is 0 Å². The Hall–Kier alpha value is -0.0800. The van der Waals surface area contributed by atoms with E-state index >= 15 is 0 Å². The highest BCUT2D eigenvalue weighted by molar-refractivity contribution is 4.81. The van der Waals surface area contributed by atoms with Crippen molar-refractivity contribution >= 4 is 0 Å². The maximum absolute atomic E-state index is 10.0. The highest BCUT2D eigenvalue weighted by atomic mass is 16.5. The first-order valence-corrected chi connectivity index (χ1v) is 5.79. The lowest BCUT2D eigenvalue weighted by molar-refractivity contribution is -0.0869. The van der Waals surface area contributed by atoms with Crippen LogP contribution in [0.15, 0.2) is 0 Å². The largest absolute Gasteiger partial charge is 0.390 e. The van der Waals surface area contributed by atoms with Gasteiger partial charge in [-0.1, -0.05) is 32.1 Å². The standard InChI is InChI=1S/C12H24O2/c1-12(2,14-3)11(13)9-10-7-5-4-6-8-10/h10-11,13H,4-9H2,1-3H3. The number of aliphatic hydroxyl groups is 1. The van der Waals surface area contributed by atoms with Gasteiger partial charge in [0, 0.05) is 7.11 Å². The van der Waals surface area contributed by atoms with Crippen molar-refractivity contribution in [2.24, 2.45) is 5.92 Å². The van der Waals surface area contributed by atoms with E-state index in [1.165, 1.54) is 32.1 Å². The van der Waals surface area contributed by atoms with Crippen molar-refractivity contribution in [3.8, 4) is 0 Å². The van der Waals surface area contributed by atoms with Crippen LogP contribution in [0.1, 0.15) is 52.4 Å². The molecular formula is C12H24O2. The molecule has 0 heterocycles. The number of aliphatic hydroxyl groups excluding tert-OH is 1. The Balaban J connectivity index is 2.34. The van der Waals surface area contributed by atoms with Crippen molar-refractivity contribution in [1.82, 2.24) is 0 Å². The predicted octanol–water partition coefficient (Wildman–Crippen LogP) is 2.74. The second kappa shape index (κ2) is 5.13. The molecule has 0 saturated heterocycles. The summed E-state index contributed by atoms with van der Waals surface area (Å²) in [4.78, 5) is 0. The average molecular weight is 200 g/mol. The summed E-state index contributed by atoms with van der Waals surface area (Å²) < 4.78 is 5.29. The molecule has 2 nitrogen and oxygen atoms in total. The van der Waals surface area contributed by atoms with Gasteiger partial charge in [0.2, 0.25) is 0 Å². The Kier molecular flexibility index (Phi) is 4.39. The fourth-order valence-corrected chi connectivity index (χ4v) is 2.16. The van der Waals surface area contributed by atoms with Crippen LogP contribution in [0.2, 0.25) is 0 Å². The molecule has 0 aromatic carbocycles. The Bertz CT molecular complexity index is 160. The molecule has 1 saturated carbocycles. The SMILES string of the molecule is COC(C)(C)C(O)CC1CCCCC1. The number of hydrogen-bond acceptors (Lipinski definition) is 2. The van der Waals surface area contributed by atoms with Crippen LogP contribution < -0.4 is 0 Å². The van der Waals surface area contributed by atoms with Gasteiger partial charge in [-0.25, -0.2) is 0 Å². The molecule has 14 heavy (non-hydrogen) atoms. The monoisotopic (exact) mass is 200 g/mol. The van der Waals surface area contributed by atoms with E-state index < -0.39 is 5.60 Å². The zero-order chi connectivity index (χ0) is 10.6. The van der Waals surface area contributed by atoms with Crippen LogP contribution in [0, 0.1) is 5.92 Å². The normalized spacial score (nSPS) is 22.3. The Labute approximate surface area is 87.7 Å². The summed E-state index contributed by atoms with van der Waals surface area (Å²) in [7, 11) is 1.67. The summed E-state index contributed by atoms with van der Waals surface area (Å²) in [5.74, 6) is 0.716. The van der Waals surface area contributed by atoms with Crippen molar-refractivity contribution < 1.29 is 9.84 Å². The molecule has 0 aromatic rings. The fraction of sp³-hybridized carbons (Fsp3) is 1.00. The first-order valence-electron chi connectivity index (χ1n) is 5.79. The molecule has 0 radical (unpaired) electrons. The van der Waals surface area contributed by atoms with E-state index in [0.29, 0.717) is 5.92 Å². The molecule has 1 unspecified atom stereocenters. The number of ether oxygens (including phenoxy) is 1. The lowest BCUT2D eigenvalue weighted by atomic mass is 9.82. The topological polar surface area (TPSA) is 29.5 Å². The molecule has 0 aromatic heterocycles. The molecule has 1 aliphatic carbocycles. The Morgan fingerprint density at radius 3 is 2.36 bits per heavy atom. The van der Waals surface area contributed by atoms with Gasteiger partial charge in [-0.2, -0.15) is 0 Å². The fourth-order valence-electron chi connectivity index (χ4n) is 2.16. The zero-order valence-electron chi connectivity index (χ0n) is 9.75. The van der Waals surface area contributed by atoms with Crippen LogP contribution in [0.4, 0.5) is 0 Å². The summed E-state index contributed by atoms with van der Waals surface area (Å²) >= 11 is 0. The minimum atomic E-state index is -0.391. The Morgan fingerprint density at radius 2 is 1.86 bits per heavy atom. The lowest BCUT2D eigenvalue weighted by Crippen LogP contribution is -2.39. The molecule has 0 bridgehead atoms. The molecule has 0 amide bonds. The van der Waals surface area contributed by atoms with E-state index in [2.05, 4.69) is 0 Å². The summed E-state index contributed by atoms with van der Waals surface area (Å²) in [6.45, 7) is 3.92. The van der Waals surface area contributed by atoms with Crippen LogP contribution in [0.25, 0.3) is 0 Å². The number of rotatable bonds is 4. The molecule has 84 valence electrons. The van der Waals surface area contributed by atoms with Crippen molar-refractivity contribution in [2.45, 2.75) is 64.1 Å². The van der Waals surface area contributed by atoms with Crippen molar-refractivity contribution in [1.29, 1.82) is 0 Å². The summed E-state index contributed by atoms with van der Waals surface area (Å²) in [5.41, 5.74) is -0.391. The van der Waals surface area contributed by atoms with Gasteiger partial charge in [-0.05, 0) is 26.2 Å². The maximum Gasteiger partial charge on any atom is 0.0880 e. The van der Waals surface area contributed by atoms with Crippen molar-refractivity contribution in [2.75, 3.05) is 7.11 Å². The van der Waals surface area contributed by atoms with E-state index in [4.69, 9.17) is 4.74 Å². The highest BCUT2D eigenvalue weighted by Gasteiger charge is 2.30. The number of hydrogen-bond donors (Lipinski definition) is 1. The molecular weight excluding hydrogens is 176 g/mol. The van der Waals surface area contributed by atoms with Gasteiger partial charge < -0.3 is 9.84 Å². The third-order valence-corrected chi connectivity index (χ3v) is 3.61. The van der Waals surface area contributed by atoms with Gasteiger partial charge in [-0.15, -0.1) is 0 Å². The van der Waals surface area contributed by atoms with Gasteiger partial charge >= 0.3 is 0 Å². The van der Waals surface area contributed by atoms with E-state index in [0.717, 1.165) is 6.42 Å². The molecule has 1 fully saturated rings. The van der Waals surface area contributed by atoms with Gasteiger partial charge in [0.15, 0.2) is 0 Å². The molecule has 0 spiro atoms. The third kappa shape index (κ3) is 3.25. The van der Waals surface area contributed by atoms with Crippen LogP contribution in [-0.4, -0.2) is 23.9 Å². The maximum atomic E-state index is 10.0. The number of methoxy groups -OCH3 is 1. The third-order valence-electron chi connectivity index (χ3n) is 3.61. The minimum Gasteiger partial charge on any atom is -0.390 e. The molecule has 1 N–H and O–H groups in total. The van der Waals surface area contributed by atoms with E-state index in [1.807, 2.05) is 13.8 Å². The van der Waals surface area contributed by atoms with E-state index in [-0.39, 0.29) is 6.10 Å². The van der Waals surface area contributed by atoms with Gasteiger partial charge in [0.1, 0.15) is 0 Å². The van der Waals surface area contributed by atoms with Gasteiger partial charge in [-0.3, -0.25) is 0 Å². The summed E-state index contributed by atoms with van der Waals surface area (Å²) in [6.07, 6.45) is 7.21. The molecule has 1 rings (SSSR count). The van der Waals surface area contributed by atoms with Crippen LogP contribution in [0.3, 0.4) is 0 Å². The predicted molar refractivity (Wildman–Crippen MR) is 58.3 cm³/mol. The van der Waals surface area contributed by atoms with E-state index in [9.17, 15) is 5.11 Å². The summed E-state index contributed by atoms with van der Waals surface area (Å²) in [6, 6.07) is 0. The van der Waals surface area contributed by atoms with Crippen LogP contribution >= 0.6 is 0 Å².